The molecule has 192 valence electrons. The molecule has 0 aromatic heterocycles. The van der Waals surface area contributed by atoms with Crippen molar-refractivity contribution in [3.8, 4) is 0 Å². The number of carbonyl (C=O) groups is 4. The lowest BCUT2D eigenvalue weighted by atomic mass is 10.0. The van der Waals surface area contributed by atoms with Crippen LogP contribution < -0.4 is 5.73 Å². The van der Waals surface area contributed by atoms with E-state index in [0.29, 0.717) is 0 Å². The zero-order chi connectivity index (χ0) is 26.7. The van der Waals surface area contributed by atoms with E-state index in [-0.39, 0.29) is 26.3 Å². The summed E-state index contributed by atoms with van der Waals surface area (Å²) in [6.45, 7) is 1.36. The first-order chi connectivity index (χ1) is 16.2. The number of nitrogens with two attached hydrogens (primary N) is 1. The molecule has 0 saturated carbocycles. The van der Waals surface area contributed by atoms with E-state index in [1.807, 2.05) is 6.92 Å². The molecule has 0 bridgehead atoms. The minimum absolute atomic E-state index is 0.0507. The van der Waals surface area contributed by atoms with E-state index in [2.05, 4.69) is 0 Å². The summed E-state index contributed by atoms with van der Waals surface area (Å²) in [5.41, 5.74) is 6.44. The number of alkyl halides is 2. The van der Waals surface area contributed by atoms with Crippen LogP contribution in [0.15, 0.2) is 40.4 Å². The third kappa shape index (κ3) is 7.00. The number of amides is 3. The van der Waals surface area contributed by atoms with Crippen molar-refractivity contribution < 1.29 is 42.0 Å². The molecule has 0 spiro atoms. The molecule has 3 amide bonds. The highest BCUT2D eigenvalue weighted by Crippen LogP contribution is 2.39. The predicted octanol–water partition coefficient (Wildman–Crippen LogP) is 1.73. The Bertz CT molecular complexity index is 1160. The molecule has 2 heterocycles. The van der Waals surface area contributed by atoms with Gasteiger partial charge in [-0.3, -0.25) is 19.0 Å². The molecule has 1 aromatic carbocycles. The molecule has 0 radical (unpaired) electrons. The van der Waals surface area contributed by atoms with Crippen molar-refractivity contribution >= 4 is 80.7 Å². The van der Waals surface area contributed by atoms with Gasteiger partial charge in [0, 0.05) is 23.1 Å². The molecule has 2 aliphatic rings. The normalized spacial score (nSPS) is 19.3. The Morgan fingerprint density at radius 1 is 1.29 bits per heavy atom. The number of fused-ring (bicyclic) bond motifs is 1. The molecular weight excluding hydrogens is 573 g/mol. The number of hydrogen-bond acceptors (Lipinski definition) is 9. The second-order valence-corrected chi connectivity index (χ2v) is 10.9. The Balaban J connectivity index is 0.000000328. The summed E-state index contributed by atoms with van der Waals surface area (Å²) < 4.78 is 34.4. The monoisotopic (exact) mass is 589 g/mol. The number of halogens is 3. The van der Waals surface area contributed by atoms with Crippen LogP contribution >= 0.6 is 46.7 Å². The fraction of sp³-hybridized carbons (Fsp3) is 0.333. The fourth-order valence-electron chi connectivity index (χ4n) is 2.78. The SMILES string of the molecule is Cc1ccc(S(=O)(=O)O)cc1.N[C@@H]1C(=O)N2C(C(=O)O)=C(COC(=O)N(Cl)C(=O)C(Cl)Cl)CS[C@H]12. The van der Waals surface area contributed by atoms with E-state index in [9.17, 15) is 32.7 Å². The maximum Gasteiger partial charge on any atom is 0.432 e. The number of β-lactam (4-membered cyclic amide) rings is 1. The first-order valence-corrected chi connectivity index (χ1v) is 13.0. The van der Waals surface area contributed by atoms with Gasteiger partial charge >= 0.3 is 12.1 Å². The van der Waals surface area contributed by atoms with Gasteiger partial charge in [-0.25, -0.2) is 9.59 Å². The summed E-state index contributed by atoms with van der Waals surface area (Å²) in [4.78, 5) is 45.6. The summed E-state index contributed by atoms with van der Waals surface area (Å²) in [6, 6.07) is 5.22. The second-order valence-electron chi connectivity index (χ2n) is 6.96. The number of rotatable bonds is 5. The quantitative estimate of drug-likeness (QED) is 0.196. The average molecular weight is 591 g/mol. The van der Waals surface area contributed by atoms with Gasteiger partial charge in [-0.05, 0) is 19.1 Å². The Morgan fingerprint density at radius 3 is 2.34 bits per heavy atom. The van der Waals surface area contributed by atoms with Crippen molar-refractivity contribution in [2.75, 3.05) is 12.4 Å². The molecule has 4 N–H and O–H groups in total. The standard InChI is InChI=1S/C11H10Cl3N3O6S.C7H8O3S/c12-6(13)8(19)17(14)11(22)23-1-3-2-24-9-4(15)7(18)16(9)5(3)10(20)21;1-6-2-4-7(5-3-6)11(8,9)10/h4,6,9H,1-2,15H2,(H,20,21);2-5H,1H3,(H,8,9,10)/t4-,9-;/m1./s1. The zero-order valence-corrected chi connectivity index (χ0v) is 21.5. The topological polar surface area (TPSA) is 185 Å². The van der Waals surface area contributed by atoms with Gasteiger partial charge < -0.3 is 15.6 Å². The number of nitrogens with zero attached hydrogens (tertiary/aromatic N) is 2. The molecule has 12 nitrogen and oxygen atoms in total. The first kappa shape index (κ1) is 29.2. The lowest BCUT2D eigenvalue weighted by Gasteiger charge is -2.47. The van der Waals surface area contributed by atoms with Gasteiger partial charge in [-0.15, -0.1) is 11.8 Å². The van der Waals surface area contributed by atoms with E-state index in [0.717, 1.165) is 10.5 Å². The lowest BCUT2D eigenvalue weighted by molar-refractivity contribution is -0.148. The molecule has 17 heteroatoms. The van der Waals surface area contributed by atoms with E-state index < -0.39 is 56.9 Å². The minimum atomic E-state index is -4.02. The van der Waals surface area contributed by atoms with Crippen molar-refractivity contribution in [3.05, 3.63) is 41.1 Å². The Kier molecular flexibility index (Phi) is 9.81. The van der Waals surface area contributed by atoms with Crippen LogP contribution in [-0.4, -0.2) is 79.9 Å². The predicted molar refractivity (Wildman–Crippen MR) is 126 cm³/mol. The zero-order valence-electron chi connectivity index (χ0n) is 17.6. The average Bonchev–Trinajstić information content (AvgIpc) is 2.80. The molecule has 0 aliphatic carbocycles. The number of aryl methyl sites for hydroxylation is 1. The maximum absolute atomic E-state index is 11.7. The molecule has 2 aliphatic heterocycles. The van der Waals surface area contributed by atoms with Crippen molar-refractivity contribution in [2.24, 2.45) is 5.73 Å². The summed E-state index contributed by atoms with van der Waals surface area (Å²) >= 11 is 17.2. The summed E-state index contributed by atoms with van der Waals surface area (Å²) in [6.07, 6.45) is -1.27. The van der Waals surface area contributed by atoms with Gasteiger partial charge in [0.25, 0.3) is 16.0 Å². The van der Waals surface area contributed by atoms with Crippen LogP contribution in [0.3, 0.4) is 0 Å². The van der Waals surface area contributed by atoms with Crippen LogP contribution in [0.1, 0.15) is 5.56 Å². The Morgan fingerprint density at radius 2 is 1.86 bits per heavy atom. The van der Waals surface area contributed by atoms with Crippen molar-refractivity contribution in [3.63, 3.8) is 0 Å². The molecule has 0 unspecified atom stereocenters. The molecule has 35 heavy (non-hydrogen) atoms. The molecule has 3 rings (SSSR count). The number of benzene rings is 1. The van der Waals surface area contributed by atoms with Crippen molar-refractivity contribution in [2.45, 2.75) is 28.1 Å². The third-order valence-corrected chi connectivity index (χ3v) is 7.43. The minimum Gasteiger partial charge on any atom is -0.477 e. The van der Waals surface area contributed by atoms with Gasteiger partial charge in [-0.2, -0.15) is 12.8 Å². The van der Waals surface area contributed by atoms with Crippen LogP contribution in [-0.2, 0) is 29.2 Å². The number of hydrogen-bond donors (Lipinski definition) is 3. The number of carbonyl (C=O) groups excluding carboxylic acids is 3. The van der Waals surface area contributed by atoms with Gasteiger partial charge in [0.15, 0.2) is 4.84 Å². The summed E-state index contributed by atoms with van der Waals surface area (Å²) in [7, 11) is -4.02. The molecular formula is C18H18Cl3N3O9S2. The fourth-order valence-corrected chi connectivity index (χ4v) is 4.98. The van der Waals surface area contributed by atoms with Crippen LogP contribution in [0.25, 0.3) is 0 Å². The highest BCUT2D eigenvalue weighted by atomic mass is 35.5. The Hall–Kier alpha value is -2.07. The van der Waals surface area contributed by atoms with E-state index in [4.69, 9.17) is 50.0 Å². The largest absolute Gasteiger partial charge is 0.477 e. The number of imide groups is 1. The van der Waals surface area contributed by atoms with Crippen LogP contribution in [0.4, 0.5) is 4.79 Å². The highest BCUT2D eigenvalue weighted by Gasteiger charge is 2.51. The van der Waals surface area contributed by atoms with Gasteiger partial charge in [0.05, 0.1) is 4.90 Å². The van der Waals surface area contributed by atoms with Gasteiger partial charge in [0.1, 0.15) is 23.7 Å². The number of carboxylic acids is 1. The van der Waals surface area contributed by atoms with Crippen molar-refractivity contribution in [1.29, 1.82) is 0 Å². The van der Waals surface area contributed by atoms with E-state index in [1.54, 1.807) is 12.1 Å². The van der Waals surface area contributed by atoms with Crippen LogP contribution in [0.2, 0.25) is 0 Å². The Labute approximate surface area is 218 Å². The number of ether oxygens (including phenoxy) is 1. The lowest BCUT2D eigenvalue weighted by Crippen LogP contribution is -2.68. The third-order valence-electron chi connectivity index (χ3n) is 4.52. The van der Waals surface area contributed by atoms with Crippen LogP contribution in [0.5, 0.6) is 0 Å². The maximum atomic E-state index is 11.7. The van der Waals surface area contributed by atoms with Crippen LogP contribution in [0, 0.1) is 6.92 Å². The number of thioether (sulfide) groups is 1. The van der Waals surface area contributed by atoms with Gasteiger partial charge in [0.2, 0.25) is 5.91 Å². The highest BCUT2D eigenvalue weighted by molar-refractivity contribution is 8.00. The first-order valence-electron chi connectivity index (χ1n) is 9.31. The second kappa shape index (κ2) is 11.8. The summed E-state index contributed by atoms with van der Waals surface area (Å²) in [5, 5.41) is 8.83. The molecule has 1 fully saturated rings. The number of carboxylic acid groups (broad SMARTS) is 1. The molecule has 1 aromatic rings. The summed E-state index contributed by atoms with van der Waals surface area (Å²) in [5.74, 6) is -2.82. The van der Waals surface area contributed by atoms with Gasteiger partial charge in [-0.1, -0.05) is 40.9 Å². The van der Waals surface area contributed by atoms with Crippen molar-refractivity contribution in [1.82, 2.24) is 9.32 Å². The molecule has 2 atom stereocenters. The number of aliphatic carboxylic acids is 1. The smallest absolute Gasteiger partial charge is 0.432 e. The van der Waals surface area contributed by atoms with E-state index in [1.165, 1.54) is 23.9 Å². The molecule has 1 saturated heterocycles. The van der Waals surface area contributed by atoms with E-state index >= 15 is 0 Å².